The third-order valence-corrected chi connectivity index (χ3v) is 3.38. The number of hydrogen-bond acceptors (Lipinski definition) is 2. The molecule has 3 nitrogen and oxygen atoms in total. The molecule has 0 atom stereocenters. The number of nitrogens with zero attached hydrogens (tertiary/aromatic N) is 1. The van der Waals surface area contributed by atoms with E-state index in [-0.39, 0.29) is 6.54 Å². The summed E-state index contributed by atoms with van der Waals surface area (Å²) >= 11 is 4.72. The summed E-state index contributed by atoms with van der Waals surface area (Å²) in [4.78, 5) is 12.5. The maximum Gasteiger partial charge on any atom is 0.405 e. The Balaban J connectivity index is 2.42. The molecule has 8 heteroatoms. The van der Waals surface area contributed by atoms with Crippen LogP contribution in [0.3, 0.4) is 0 Å². The molecule has 17 heavy (non-hydrogen) atoms. The first-order chi connectivity index (χ1) is 7.78. The zero-order chi connectivity index (χ0) is 13.1. The van der Waals surface area contributed by atoms with Gasteiger partial charge in [0, 0.05) is 13.6 Å². The van der Waals surface area contributed by atoms with Gasteiger partial charge in [-0.25, -0.2) is 4.79 Å². The van der Waals surface area contributed by atoms with Crippen molar-refractivity contribution in [1.29, 1.82) is 0 Å². The van der Waals surface area contributed by atoms with E-state index < -0.39 is 18.8 Å². The van der Waals surface area contributed by atoms with Crippen LogP contribution in [0, 0.1) is 0 Å². The van der Waals surface area contributed by atoms with Crippen molar-refractivity contribution in [2.45, 2.75) is 12.7 Å². The van der Waals surface area contributed by atoms with Gasteiger partial charge in [0.1, 0.15) is 6.54 Å². The Morgan fingerprint density at radius 1 is 1.59 bits per heavy atom. The third kappa shape index (κ3) is 5.40. The minimum atomic E-state index is -4.39. The predicted molar refractivity (Wildman–Crippen MR) is 62.9 cm³/mol. The predicted octanol–water partition coefficient (Wildman–Crippen LogP) is 3.21. The van der Waals surface area contributed by atoms with E-state index >= 15 is 0 Å². The minimum Gasteiger partial charge on any atom is -0.329 e. The highest BCUT2D eigenvalue weighted by Gasteiger charge is 2.28. The smallest absolute Gasteiger partial charge is 0.329 e. The van der Waals surface area contributed by atoms with E-state index in [9.17, 15) is 18.0 Å². The van der Waals surface area contributed by atoms with Crippen molar-refractivity contribution in [3.05, 3.63) is 20.8 Å². The lowest BCUT2D eigenvalue weighted by molar-refractivity contribution is -0.123. The molecule has 1 N–H and O–H groups in total. The van der Waals surface area contributed by atoms with Gasteiger partial charge in [-0.1, -0.05) is 0 Å². The van der Waals surface area contributed by atoms with E-state index in [1.165, 1.54) is 23.3 Å². The van der Waals surface area contributed by atoms with Gasteiger partial charge in [0.25, 0.3) is 0 Å². The van der Waals surface area contributed by atoms with Crippen molar-refractivity contribution < 1.29 is 18.0 Å². The maximum absolute atomic E-state index is 11.9. The van der Waals surface area contributed by atoms with Gasteiger partial charge in [-0.2, -0.15) is 13.2 Å². The van der Waals surface area contributed by atoms with Crippen LogP contribution in [0.4, 0.5) is 18.0 Å². The van der Waals surface area contributed by atoms with Gasteiger partial charge in [-0.05, 0) is 32.9 Å². The monoisotopic (exact) mass is 330 g/mol. The highest BCUT2D eigenvalue weighted by Crippen LogP contribution is 2.21. The first kappa shape index (κ1) is 14.3. The van der Waals surface area contributed by atoms with E-state index in [4.69, 9.17) is 0 Å². The van der Waals surface area contributed by atoms with Crippen LogP contribution in [0.15, 0.2) is 15.2 Å². The number of amides is 2. The van der Waals surface area contributed by atoms with Gasteiger partial charge in [0.2, 0.25) is 0 Å². The minimum absolute atomic E-state index is 0.270. The van der Waals surface area contributed by atoms with E-state index in [1.54, 1.807) is 5.32 Å². The number of halogens is 4. The molecule has 2 amide bonds. The molecule has 1 heterocycles. The van der Waals surface area contributed by atoms with Crippen LogP contribution in [0.5, 0.6) is 0 Å². The van der Waals surface area contributed by atoms with Crippen molar-refractivity contribution in [2.75, 3.05) is 13.6 Å². The van der Waals surface area contributed by atoms with Crippen LogP contribution >= 0.6 is 27.3 Å². The molecule has 96 valence electrons. The molecule has 0 aliphatic rings. The number of alkyl halides is 3. The second-order valence-electron chi connectivity index (χ2n) is 3.39. The molecule has 0 spiro atoms. The van der Waals surface area contributed by atoms with Crippen molar-refractivity contribution in [1.82, 2.24) is 10.2 Å². The summed E-state index contributed by atoms with van der Waals surface area (Å²) in [6.07, 6.45) is -4.39. The van der Waals surface area contributed by atoms with Gasteiger partial charge in [-0.15, -0.1) is 11.3 Å². The second kappa shape index (κ2) is 5.72. The van der Waals surface area contributed by atoms with Crippen LogP contribution in [0.1, 0.15) is 5.56 Å². The van der Waals surface area contributed by atoms with Gasteiger partial charge >= 0.3 is 12.2 Å². The van der Waals surface area contributed by atoms with Gasteiger partial charge in [0.05, 0.1) is 3.79 Å². The average Bonchev–Trinajstić information content (AvgIpc) is 2.59. The highest BCUT2D eigenvalue weighted by molar-refractivity contribution is 9.11. The molecule has 0 saturated carbocycles. The number of nitrogens with one attached hydrogen (secondary N) is 1. The molecule has 0 aliphatic carbocycles. The van der Waals surface area contributed by atoms with E-state index in [0.29, 0.717) is 0 Å². The van der Waals surface area contributed by atoms with E-state index in [1.807, 2.05) is 11.4 Å². The summed E-state index contributed by atoms with van der Waals surface area (Å²) in [6.45, 7) is -1.05. The summed E-state index contributed by atoms with van der Waals surface area (Å²) in [5, 5.41) is 3.63. The summed E-state index contributed by atoms with van der Waals surface area (Å²) in [5.74, 6) is 0. The fourth-order valence-corrected chi connectivity index (χ4v) is 2.29. The quantitative estimate of drug-likeness (QED) is 0.906. The molecule has 0 aliphatic heterocycles. The Morgan fingerprint density at radius 3 is 2.71 bits per heavy atom. The Bertz CT molecular complexity index is 394. The Morgan fingerprint density at radius 2 is 2.24 bits per heavy atom. The highest BCUT2D eigenvalue weighted by atomic mass is 79.9. The largest absolute Gasteiger partial charge is 0.405 e. The van der Waals surface area contributed by atoms with Crippen LogP contribution in [-0.4, -0.2) is 30.7 Å². The first-order valence-electron chi connectivity index (χ1n) is 4.56. The molecule has 0 unspecified atom stereocenters. The number of urea groups is 1. The number of rotatable bonds is 3. The first-order valence-corrected chi connectivity index (χ1v) is 6.24. The fourth-order valence-electron chi connectivity index (χ4n) is 1.09. The molecule has 1 aromatic heterocycles. The topological polar surface area (TPSA) is 32.3 Å². The molecule has 1 aromatic rings. The van der Waals surface area contributed by atoms with Gasteiger partial charge in [0.15, 0.2) is 0 Å². The fraction of sp³-hybridized carbons (Fsp3) is 0.444. The molecule has 0 saturated heterocycles. The Kier molecular flexibility index (Phi) is 4.81. The maximum atomic E-state index is 11.9. The number of carbonyl (C=O) groups is 1. The van der Waals surface area contributed by atoms with E-state index in [0.717, 1.165) is 9.35 Å². The van der Waals surface area contributed by atoms with Crippen molar-refractivity contribution in [2.24, 2.45) is 0 Å². The lowest BCUT2D eigenvalue weighted by Crippen LogP contribution is -2.41. The third-order valence-electron chi connectivity index (χ3n) is 1.83. The van der Waals surface area contributed by atoms with Crippen molar-refractivity contribution in [3.63, 3.8) is 0 Å². The van der Waals surface area contributed by atoms with Crippen molar-refractivity contribution >= 4 is 33.3 Å². The lowest BCUT2D eigenvalue weighted by Gasteiger charge is -2.18. The molecule has 0 radical (unpaired) electrons. The molecule has 0 fully saturated rings. The number of carbonyl (C=O) groups excluding carboxylic acids is 1. The number of hydrogen-bond donors (Lipinski definition) is 1. The lowest BCUT2D eigenvalue weighted by atomic mass is 10.3. The second-order valence-corrected chi connectivity index (χ2v) is 5.68. The normalized spacial score (nSPS) is 11.4. The van der Waals surface area contributed by atoms with Crippen LogP contribution < -0.4 is 5.32 Å². The number of thiophene rings is 1. The molecule has 1 rings (SSSR count). The van der Waals surface area contributed by atoms with Gasteiger partial charge < -0.3 is 10.2 Å². The zero-order valence-electron chi connectivity index (χ0n) is 8.84. The SMILES string of the molecule is CN(Cc1csc(Br)c1)C(=O)NCC(F)(F)F. The average molecular weight is 331 g/mol. The van der Waals surface area contributed by atoms with Crippen molar-refractivity contribution in [3.8, 4) is 0 Å². The van der Waals surface area contributed by atoms with Crippen LogP contribution in [0.2, 0.25) is 0 Å². The summed E-state index contributed by atoms with van der Waals surface area (Å²) in [6, 6.07) is 1.07. The van der Waals surface area contributed by atoms with E-state index in [2.05, 4.69) is 15.9 Å². The summed E-state index contributed by atoms with van der Waals surface area (Å²) in [5.41, 5.74) is 0.867. The van der Waals surface area contributed by atoms with Crippen LogP contribution in [-0.2, 0) is 6.54 Å². The van der Waals surface area contributed by atoms with Crippen LogP contribution in [0.25, 0.3) is 0 Å². The molecular weight excluding hydrogens is 321 g/mol. The molecule has 0 bridgehead atoms. The molecular formula is C9H10BrF3N2OS. The Labute approximate surface area is 109 Å². The van der Waals surface area contributed by atoms with Gasteiger partial charge in [-0.3, -0.25) is 0 Å². The Hall–Kier alpha value is -0.760. The standard InChI is InChI=1S/C9H10BrF3N2OS/c1-15(3-6-2-7(10)17-4-6)8(16)14-5-9(11,12)13/h2,4H,3,5H2,1H3,(H,14,16). The molecule has 0 aromatic carbocycles. The summed E-state index contributed by atoms with van der Waals surface area (Å²) < 4.78 is 36.5. The summed E-state index contributed by atoms with van der Waals surface area (Å²) in [7, 11) is 1.44. The zero-order valence-corrected chi connectivity index (χ0v) is 11.2.